The molecule has 5 nitrogen and oxygen atoms in total. The average molecular weight is 325 g/mol. The number of hydrogen-bond donors (Lipinski definition) is 1. The lowest BCUT2D eigenvalue weighted by atomic mass is 10.1. The molecule has 0 spiro atoms. The second kappa shape index (κ2) is 9.45. The van der Waals surface area contributed by atoms with E-state index in [-0.39, 0.29) is 11.8 Å². The summed E-state index contributed by atoms with van der Waals surface area (Å²) in [7, 11) is 0. The van der Waals surface area contributed by atoms with Crippen molar-refractivity contribution in [2.45, 2.75) is 26.3 Å². The highest BCUT2D eigenvalue weighted by molar-refractivity contribution is 5.76. The number of carbonyl (C=O) groups excluding carboxylic acids is 2. The summed E-state index contributed by atoms with van der Waals surface area (Å²) in [4.78, 5) is 29.5. The minimum Gasteiger partial charge on any atom is -0.354 e. The number of aromatic nitrogens is 1. The van der Waals surface area contributed by atoms with Crippen molar-refractivity contribution in [3.05, 3.63) is 66.0 Å². The fraction of sp³-hybridized carbons (Fsp3) is 0.316. The van der Waals surface area contributed by atoms with Crippen LogP contribution in [0.5, 0.6) is 0 Å². The minimum absolute atomic E-state index is 0.000177. The fourth-order valence-electron chi connectivity index (χ4n) is 2.36. The molecule has 0 aliphatic carbocycles. The summed E-state index contributed by atoms with van der Waals surface area (Å²) in [6, 6.07) is 15.5. The van der Waals surface area contributed by atoms with Crippen LogP contribution in [-0.2, 0) is 22.6 Å². The Hall–Kier alpha value is -2.69. The maximum Gasteiger partial charge on any atom is 0.220 e. The predicted molar refractivity (Wildman–Crippen MR) is 93.1 cm³/mol. The second-order valence-electron chi connectivity index (χ2n) is 5.60. The number of hydrogen-bond acceptors (Lipinski definition) is 3. The molecular weight excluding hydrogens is 302 g/mol. The van der Waals surface area contributed by atoms with Gasteiger partial charge >= 0.3 is 0 Å². The Morgan fingerprint density at radius 1 is 1.08 bits per heavy atom. The molecule has 0 radical (unpaired) electrons. The van der Waals surface area contributed by atoms with Gasteiger partial charge in [0.05, 0.1) is 12.2 Å². The Morgan fingerprint density at radius 2 is 1.83 bits per heavy atom. The summed E-state index contributed by atoms with van der Waals surface area (Å²) < 4.78 is 0. The van der Waals surface area contributed by atoms with Crippen LogP contribution in [0.2, 0.25) is 0 Å². The zero-order valence-corrected chi connectivity index (χ0v) is 13.9. The van der Waals surface area contributed by atoms with Crippen molar-refractivity contribution < 1.29 is 9.59 Å². The van der Waals surface area contributed by atoms with Crippen LogP contribution in [0, 0.1) is 0 Å². The topological polar surface area (TPSA) is 62.3 Å². The molecule has 0 saturated carbocycles. The Bertz CT molecular complexity index is 644. The maximum absolute atomic E-state index is 11.9. The molecule has 126 valence electrons. The van der Waals surface area contributed by atoms with E-state index >= 15 is 0 Å². The second-order valence-corrected chi connectivity index (χ2v) is 5.60. The largest absolute Gasteiger partial charge is 0.354 e. The summed E-state index contributed by atoms with van der Waals surface area (Å²) in [5.74, 6) is -0.0284. The van der Waals surface area contributed by atoms with E-state index in [0.29, 0.717) is 26.1 Å². The van der Waals surface area contributed by atoms with Crippen LogP contribution < -0.4 is 5.32 Å². The van der Waals surface area contributed by atoms with Gasteiger partial charge in [0, 0.05) is 32.6 Å². The smallest absolute Gasteiger partial charge is 0.220 e. The normalized spacial score (nSPS) is 10.2. The van der Waals surface area contributed by atoms with Gasteiger partial charge in [0.25, 0.3) is 0 Å². The quantitative estimate of drug-likeness (QED) is 0.809. The molecule has 2 amide bonds. The Kier molecular flexibility index (Phi) is 6.95. The first-order chi connectivity index (χ1) is 11.6. The van der Waals surface area contributed by atoms with Crippen molar-refractivity contribution in [2.24, 2.45) is 0 Å². The zero-order valence-electron chi connectivity index (χ0n) is 13.9. The Morgan fingerprint density at radius 3 is 2.50 bits per heavy atom. The summed E-state index contributed by atoms with van der Waals surface area (Å²) in [5.41, 5.74) is 1.98. The van der Waals surface area contributed by atoms with Crippen molar-refractivity contribution in [1.82, 2.24) is 15.2 Å². The van der Waals surface area contributed by atoms with Gasteiger partial charge in [0.15, 0.2) is 0 Å². The van der Waals surface area contributed by atoms with Crippen molar-refractivity contribution in [2.75, 3.05) is 13.1 Å². The van der Waals surface area contributed by atoms with Gasteiger partial charge in [-0.05, 0) is 24.1 Å². The number of benzene rings is 1. The van der Waals surface area contributed by atoms with Crippen molar-refractivity contribution in [3.8, 4) is 0 Å². The molecule has 1 N–H and O–H groups in total. The standard InChI is InChI=1S/C19H23N3O2/c1-16(23)22(15-18-9-5-6-12-20-18)14-13-21-19(24)11-10-17-7-3-2-4-8-17/h2-9,12H,10-11,13-15H2,1H3,(H,21,24). The van der Waals surface area contributed by atoms with E-state index in [1.165, 1.54) is 6.92 Å². The lowest BCUT2D eigenvalue weighted by Gasteiger charge is -2.20. The molecule has 0 atom stereocenters. The lowest BCUT2D eigenvalue weighted by molar-refractivity contribution is -0.130. The van der Waals surface area contributed by atoms with Crippen LogP contribution in [0.15, 0.2) is 54.7 Å². The highest BCUT2D eigenvalue weighted by Gasteiger charge is 2.10. The van der Waals surface area contributed by atoms with E-state index < -0.39 is 0 Å². The molecule has 0 unspecified atom stereocenters. The van der Waals surface area contributed by atoms with Gasteiger partial charge in [-0.1, -0.05) is 36.4 Å². The van der Waals surface area contributed by atoms with E-state index in [2.05, 4.69) is 10.3 Å². The molecule has 24 heavy (non-hydrogen) atoms. The number of amides is 2. The fourth-order valence-corrected chi connectivity index (χ4v) is 2.36. The summed E-state index contributed by atoms with van der Waals surface area (Å²) in [6.07, 6.45) is 2.88. The van der Waals surface area contributed by atoms with Gasteiger partial charge < -0.3 is 10.2 Å². The van der Waals surface area contributed by atoms with E-state index in [9.17, 15) is 9.59 Å². The molecule has 1 aromatic heterocycles. The van der Waals surface area contributed by atoms with Gasteiger partial charge in [0.1, 0.15) is 0 Å². The van der Waals surface area contributed by atoms with E-state index in [1.54, 1.807) is 11.1 Å². The first-order valence-electron chi connectivity index (χ1n) is 8.11. The molecular formula is C19H23N3O2. The van der Waals surface area contributed by atoms with Crippen LogP contribution in [-0.4, -0.2) is 34.8 Å². The van der Waals surface area contributed by atoms with Gasteiger partial charge in [0.2, 0.25) is 11.8 Å². The third-order valence-electron chi connectivity index (χ3n) is 3.71. The van der Waals surface area contributed by atoms with Gasteiger partial charge in [-0.3, -0.25) is 14.6 Å². The van der Waals surface area contributed by atoms with Gasteiger partial charge in [-0.15, -0.1) is 0 Å². The number of carbonyl (C=O) groups is 2. The Labute approximate surface area is 142 Å². The Balaban J connectivity index is 1.72. The molecule has 5 heteroatoms. The summed E-state index contributed by atoms with van der Waals surface area (Å²) >= 11 is 0. The number of rotatable bonds is 8. The van der Waals surface area contributed by atoms with Crippen molar-refractivity contribution >= 4 is 11.8 Å². The van der Waals surface area contributed by atoms with Crippen LogP contribution >= 0.6 is 0 Å². The van der Waals surface area contributed by atoms with Crippen LogP contribution in [0.4, 0.5) is 0 Å². The molecule has 2 aromatic rings. The first kappa shape index (κ1) is 17.7. The molecule has 0 aliphatic heterocycles. The highest BCUT2D eigenvalue weighted by Crippen LogP contribution is 2.03. The molecule has 0 aliphatic rings. The highest BCUT2D eigenvalue weighted by atomic mass is 16.2. The van der Waals surface area contributed by atoms with E-state index in [0.717, 1.165) is 17.7 Å². The number of nitrogens with one attached hydrogen (secondary N) is 1. The monoisotopic (exact) mass is 325 g/mol. The predicted octanol–water partition coefficient (Wildman–Crippen LogP) is 2.18. The SMILES string of the molecule is CC(=O)N(CCNC(=O)CCc1ccccc1)Cc1ccccn1. The minimum atomic E-state index is -0.0285. The van der Waals surface area contributed by atoms with Crippen LogP contribution in [0.1, 0.15) is 24.6 Å². The molecule has 0 bridgehead atoms. The third kappa shape index (κ3) is 6.20. The van der Waals surface area contributed by atoms with Crippen molar-refractivity contribution in [1.29, 1.82) is 0 Å². The van der Waals surface area contributed by atoms with Crippen LogP contribution in [0.25, 0.3) is 0 Å². The third-order valence-corrected chi connectivity index (χ3v) is 3.71. The molecule has 0 fully saturated rings. The summed E-state index contributed by atoms with van der Waals surface area (Å²) in [5, 5.41) is 2.87. The summed E-state index contributed by atoms with van der Waals surface area (Å²) in [6.45, 7) is 2.90. The molecule has 1 heterocycles. The number of nitrogens with zero attached hydrogens (tertiary/aromatic N) is 2. The number of pyridine rings is 1. The first-order valence-corrected chi connectivity index (χ1v) is 8.11. The van der Waals surface area contributed by atoms with E-state index in [1.807, 2.05) is 48.5 Å². The van der Waals surface area contributed by atoms with E-state index in [4.69, 9.17) is 0 Å². The van der Waals surface area contributed by atoms with Gasteiger partial charge in [-0.2, -0.15) is 0 Å². The maximum atomic E-state index is 11.9. The van der Waals surface area contributed by atoms with Crippen LogP contribution in [0.3, 0.4) is 0 Å². The van der Waals surface area contributed by atoms with Gasteiger partial charge in [-0.25, -0.2) is 0 Å². The zero-order chi connectivity index (χ0) is 17.2. The average Bonchev–Trinajstić information content (AvgIpc) is 2.61. The lowest BCUT2D eigenvalue weighted by Crippen LogP contribution is -2.37. The molecule has 2 rings (SSSR count). The molecule has 1 aromatic carbocycles. The molecule has 0 saturated heterocycles. The van der Waals surface area contributed by atoms with Crippen molar-refractivity contribution in [3.63, 3.8) is 0 Å². The number of aryl methyl sites for hydroxylation is 1.